The van der Waals surface area contributed by atoms with E-state index in [2.05, 4.69) is 4.98 Å². The summed E-state index contributed by atoms with van der Waals surface area (Å²) < 4.78 is 9.96. The highest BCUT2D eigenvalue weighted by molar-refractivity contribution is 5.91. The topological polar surface area (TPSA) is 98.7 Å². The summed E-state index contributed by atoms with van der Waals surface area (Å²) in [6.07, 6.45) is 3.26. The number of methoxy groups -OCH3 is 1. The third-order valence-corrected chi connectivity index (χ3v) is 2.96. The Balaban J connectivity index is 2.16. The number of nitro groups is 1. The van der Waals surface area contributed by atoms with Crippen molar-refractivity contribution in [3.05, 3.63) is 58.1 Å². The number of pyridine rings is 1. The van der Waals surface area contributed by atoms with Gasteiger partial charge in [0.25, 0.3) is 5.91 Å². The van der Waals surface area contributed by atoms with Crippen LogP contribution in [-0.4, -0.2) is 41.0 Å². The third kappa shape index (κ3) is 3.89. The van der Waals surface area contributed by atoms with Crippen LogP contribution in [0.2, 0.25) is 0 Å². The number of amides is 1. The largest absolute Gasteiger partial charge is 0.433 e. The van der Waals surface area contributed by atoms with Crippen LogP contribution in [0.25, 0.3) is 0 Å². The van der Waals surface area contributed by atoms with Gasteiger partial charge in [-0.3, -0.25) is 19.9 Å². The molecular weight excluding hydrogens is 290 g/mol. The Labute approximate surface area is 126 Å². The average molecular weight is 305 g/mol. The van der Waals surface area contributed by atoms with Crippen LogP contribution >= 0.6 is 0 Å². The Morgan fingerprint density at radius 2 is 2.09 bits per heavy atom. The number of aromatic nitrogens is 1. The fourth-order valence-corrected chi connectivity index (χ4v) is 1.86. The number of hydrogen-bond donors (Lipinski definition) is 0. The van der Waals surface area contributed by atoms with Crippen molar-refractivity contribution in [3.8, 4) is 0 Å². The van der Waals surface area contributed by atoms with E-state index in [-0.39, 0.29) is 5.76 Å². The van der Waals surface area contributed by atoms with Crippen LogP contribution in [-0.2, 0) is 11.3 Å². The second-order valence-corrected chi connectivity index (χ2v) is 4.47. The minimum atomic E-state index is -0.681. The van der Waals surface area contributed by atoms with Gasteiger partial charge < -0.3 is 14.1 Å². The van der Waals surface area contributed by atoms with Crippen LogP contribution in [0.4, 0.5) is 5.88 Å². The first-order chi connectivity index (χ1) is 10.6. The van der Waals surface area contributed by atoms with E-state index in [1.54, 1.807) is 24.5 Å². The Morgan fingerprint density at radius 3 is 2.68 bits per heavy atom. The fraction of sp³-hybridized carbons (Fsp3) is 0.286. The minimum Gasteiger partial charge on any atom is -0.395 e. The van der Waals surface area contributed by atoms with Crippen molar-refractivity contribution in [2.24, 2.45) is 0 Å². The number of carbonyl (C=O) groups is 1. The molecule has 0 unspecified atom stereocenters. The molecule has 0 atom stereocenters. The van der Waals surface area contributed by atoms with Crippen molar-refractivity contribution < 1.29 is 18.9 Å². The van der Waals surface area contributed by atoms with Crippen LogP contribution in [0.15, 0.2) is 41.1 Å². The lowest BCUT2D eigenvalue weighted by molar-refractivity contribution is -0.402. The number of nitrogens with zero attached hydrogens (tertiary/aromatic N) is 3. The van der Waals surface area contributed by atoms with Gasteiger partial charge in [-0.15, -0.1) is 0 Å². The second-order valence-electron chi connectivity index (χ2n) is 4.47. The van der Waals surface area contributed by atoms with Gasteiger partial charge in [0.2, 0.25) is 0 Å². The maximum absolute atomic E-state index is 12.4. The molecule has 0 fully saturated rings. The first-order valence-corrected chi connectivity index (χ1v) is 6.53. The molecule has 0 saturated heterocycles. The highest BCUT2D eigenvalue weighted by atomic mass is 16.6. The Hall–Kier alpha value is -2.74. The molecule has 0 aliphatic heterocycles. The number of rotatable bonds is 7. The summed E-state index contributed by atoms with van der Waals surface area (Å²) in [5.41, 5.74) is 0.889. The van der Waals surface area contributed by atoms with E-state index in [9.17, 15) is 14.9 Å². The molecule has 0 N–H and O–H groups in total. The monoisotopic (exact) mass is 305 g/mol. The summed E-state index contributed by atoms with van der Waals surface area (Å²) >= 11 is 0. The molecule has 116 valence electrons. The van der Waals surface area contributed by atoms with E-state index in [1.807, 2.05) is 0 Å². The SMILES string of the molecule is COCCN(Cc1ccncc1)C(=O)c1ccc([N+](=O)[O-])o1. The quantitative estimate of drug-likeness (QED) is 0.572. The summed E-state index contributed by atoms with van der Waals surface area (Å²) in [6, 6.07) is 6.04. The van der Waals surface area contributed by atoms with Gasteiger partial charge in [-0.25, -0.2) is 0 Å². The zero-order chi connectivity index (χ0) is 15.9. The zero-order valence-corrected chi connectivity index (χ0v) is 12.0. The summed E-state index contributed by atoms with van der Waals surface area (Å²) in [5.74, 6) is -0.960. The van der Waals surface area contributed by atoms with E-state index in [0.717, 1.165) is 11.6 Å². The van der Waals surface area contributed by atoms with E-state index in [4.69, 9.17) is 9.15 Å². The lowest BCUT2D eigenvalue weighted by Gasteiger charge is -2.21. The van der Waals surface area contributed by atoms with E-state index >= 15 is 0 Å². The van der Waals surface area contributed by atoms with Crippen LogP contribution in [0.1, 0.15) is 16.1 Å². The molecule has 8 heteroatoms. The van der Waals surface area contributed by atoms with Crippen molar-refractivity contribution >= 4 is 11.8 Å². The van der Waals surface area contributed by atoms with Crippen LogP contribution in [0, 0.1) is 10.1 Å². The molecular formula is C14H15N3O5. The Bertz CT molecular complexity index is 641. The molecule has 2 aromatic heterocycles. The molecule has 2 aromatic rings. The maximum atomic E-state index is 12.4. The fourth-order valence-electron chi connectivity index (χ4n) is 1.86. The smallest absolute Gasteiger partial charge is 0.395 e. The average Bonchev–Trinajstić information content (AvgIpc) is 3.02. The Morgan fingerprint density at radius 1 is 1.36 bits per heavy atom. The van der Waals surface area contributed by atoms with Gasteiger partial charge in [0.15, 0.2) is 5.76 Å². The predicted octanol–water partition coefficient (Wildman–Crippen LogP) is 1.87. The summed E-state index contributed by atoms with van der Waals surface area (Å²) in [5, 5.41) is 10.6. The number of carbonyl (C=O) groups excluding carboxylic acids is 1. The third-order valence-electron chi connectivity index (χ3n) is 2.96. The van der Waals surface area contributed by atoms with Gasteiger partial charge in [0.05, 0.1) is 12.7 Å². The molecule has 22 heavy (non-hydrogen) atoms. The van der Waals surface area contributed by atoms with Gasteiger partial charge >= 0.3 is 5.88 Å². The molecule has 0 aliphatic carbocycles. The van der Waals surface area contributed by atoms with Crippen molar-refractivity contribution in [2.45, 2.75) is 6.54 Å². The molecule has 1 amide bonds. The van der Waals surface area contributed by atoms with Crippen molar-refractivity contribution in [3.63, 3.8) is 0 Å². The van der Waals surface area contributed by atoms with Crippen molar-refractivity contribution in [1.82, 2.24) is 9.88 Å². The zero-order valence-electron chi connectivity index (χ0n) is 12.0. The number of furan rings is 1. The lowest BCUT2D eigenvalue weighted by atomic mass is 10.2. The van der Waals surface area contributed by atoms with Crippen LogP contribution in [0.5, 0.6) is 0 Å². The highest BCUT2D eigenvalue weighted by Gasteiger charge is 2.22. The first-order valence-electron chi connectivity index (χ1n) is 6.53. The molecule has 0 saturated carbocycles. The van der Waals surface area contributed by atoms with E-state index < -0.39 is 16.7 Å². The Kier molecular flexibility index (Phi) is 5.21. The highest BCUT2D eigenvalue weighted by Crippen LogP contribution is 2.18. The van der Waals surface area contributed by atoms with Crippen LogP contribution < -0.4 is 0 Å². The second kappa shape index (κ2) is 7.32. The van der Waals surface area contributed by atoms with E-state index in [0.29, 0.717) is 19.7 Å². The lowest BCUT2D eigenvalue weighted by Crippen LogP contribution is -2.33. The van der Waals surface area contributed by atoms with Gasteiger partial charge in [0.1, 0.15) is 4.92 Å². The minimum absolute atomic E-state index is 0.0724. The van der Waals surface area contributed by atoms with Gasteiger partial charge in [-0.1, -0.05) is 0 Å². The summed E-state index contributed by atoms with van der Waals surface area (Å²) in [4.78, 5) is 27.8. The predicted molar refractivity (Wildman–Crippen MR) is 76.2 cm³/mol. The molecule has 0 radical (unpaired) electrons. The first kappa shape index (κ1) is 15.6. The molecule has 0 aromatic carbocycles. The standard InChI is InChI=1S/C14H15N3O5/c1-21-9-8-16(10-11-4-6-15-7-5-11)14(18)12-2-3-13(22-12)17(19)20/h2-7H,8-10H2,1H3. The molecule has 2 rings (SSSR count). The summed E-state index contributed by atoms with van der Waals surface area (Å²) in [6.45, 7) is 1.02. The molecule has 8 nitrogen and oxygen atoms in total. The molecule has 2 heterocycles. The van der Waals surface area contributed by atoms with Gasteiger partial charge in [0, 0.05) is 32.6 Å². The number of hydrogen-bond acceptors (Lipinski definition) is 6. The molecule has 0 aliphatic rings. The van der Waals surface area contributed by atoms with Gasteiger partial charge in [-0.2, -0.15) is 0 Å². The molecule has 0 spiro atoms. The van der Waals surface area contributed by atoms with Crippen molar-refractivity contribution in [1.29, 1.82) is 0 Å². The van der Waals surface area contributed by atoms with Gasteiger partial charge in [-0.05, 0) is 23.8 Å². The maximum Gasteiger partial charge on any atom is 0.433 e. The van der Waals surface area contributed by atoms with Crippen molar-refractivity contribution in [2.75, 3.05) is 20.3 Å². The summed E-state index contributed by atoms with van der Waals surface area (Å²) in [7, 11) is 1.53. The van der Waals surface area contributed by atoms with Crippen LogP contribution in [0.3, 0.4) is 0 Å². The van der Waals surface area contributed by atoms with E-state index in [1.165, 1.54) is 18.1 Å². The molecule has 0 bridgehead atoms. The number of ether oxygens (including phenoxy) is 1. The normalized spacial score (nSPS) is 10.4.